The molecule has 0 aliphatic carbocycles. The van der Waals surface area contributed by atoms with Gasteiger partial charge in [-0.2, -0.15) is 0 Å². The van der Waals surface area contributed by atoms with Crippen LogP contribution in [-0.4, -0.2) is 18.0 Å². The minimum absolute atomic E-state index is 0.535. The molecule has 1 unspecified atom stereocenters. The van der Waals surface area contributed by atoms with E-state index in [0.717, 1.165) is 12.8 Å². The van der Waals surface area contributed by atoms with Crippen LogP contribution in [0.15, 0.2) is 0 Å². The van der Waals surface area contributed by atoms with Crippen LogP contribution in [0.4, 0.5) is 0 Å². The number of hydrogen-bond acceptors (Lipinski definition) is 2. The van der Waals surface area contributed by atoms with Crippen molar-refractivity contribution in [3.05, 3.63) is 0 Å². The van der Waals surface area contributed by atoms with Gasteiger partial charge in [0.25, 0.3) is 0 Å². The van der Waals surface area contributed by atoms with E-state index in [1.807, 2.05) is 6.92 Å². The summed E-state index contributed by atoms with van der Waals surface area (Å²) in [4.78, 5) is 0. The van der Waals surface area contributed by atoms with Gasteiger partial charge in [0.1, 0.15) is 0 Å². The largest absolute Gasteiger partial charge is 0.368 e. The zero-order valence-electron chi connectivity index (χ0n) is 26.6. The molecule has 0 aliphatic heterocycles. The molecular formula is C35H74O2. The molecular weight excluding hydrogens is 452 g/mol. The van der Waals surface area contributed by atoms with E-state index in [0.29, 0.717) is 6.61 Å². The minimum atomic E-state index is -0.535. The van der Waals surface area contributed by atoms with Crippen molar-refractivity contribution in [2.24, 2.45) is 0 Å². The van der Waals surface area contributed by atoms with Gasteiger partial charge in [-0.15, -0.1) is 0 Å². The number of rotatable bonds is 30. The molecule has 0 aromatic heterocycles. The molecule has 0 radical (unpaired) electrons. The van der Waals surface area contributed by atoms with Crippen molar-refractivity contribution in [3.63, 3.8) is 0 Å². The van der Waals surface area contributed by atoms with E-state index in [-0.39, 0.29) is 0 Å². The van der Waals surface area contributed by atoms with Crippen molar-refractivity contribution in [2.75, 3.05) is 6.61 Å². The van der Waals surface area contributed by atoms with Crippen LogP contribution in [-0.2, 0) is 4.74 Å². The summed E-state index contributed by atoms with van der Waals surface area (Å²) in [5.74, 6) is 0. The average molecular weight is 527 g/mol. The molecule has 0 bridgehead atoms. The Kier molecular flexibility index (Phi) is 40.2. The molecule has 0 aromatic carbocycles. The predicted octanol–water partition coefficient (Wildman–Crippen LogP) is 12.7. The van der Waals surface area contributed by atoms with Crippen LogP contribution < -0.4 is 0 Å². The fraction of sp³-hybridized carbons (Fsp3) is 1.00. The van der Waals surface area contributed by atoms with Crippen LogP contribution in [0.3, 0.4) is 0 Å². The van der Waals surface area contributed by atoms with Gasteiger partial charge in [-0.25, -0.2) is 0 Å². The molecule has 0 aliphatic rings. The summed E-state index contributed by atoms with van der Waals surface area (Å²) in [6.45, 7) is 9.39. The van der Waals surface area contributed by atoms with Gasteiger partial charge in [-0.05, 0) is 19.8 Å². The van der Waals surface area contributed by atoms with Gasteiger partial charge < -0.3 is 9.84 Å². The van der Waals surface area contributed by atoms with E-state index < -0.39 is 6.29 Å². The molecule has 0 saturated carbocycles. The highest BCUT2D eigenvalue weighted by atomic mass is 16.6. The van der Waals surface area contributed by atoms with E-state index in [9.17, 15) is 5.11 Å². The second-order valence-electron chi connectivity index (χ2n) is 11.5. The average Bonchev–Trinajstić information content (AvgIpc) is 2.90. The highest BCUT2D eigenvalue weighted by molar-refractivity contribution is 4.51. The first-order chi connectivity index (χ1) is 18.2. The van der Waals surface area contributed by atoms with Gasteiger partial charge in [0, 0.05) is 6.61 Å². The third-order valence-corrected chi connectivity index (χ3v) is 7.62. The molecule has 37 heavy (non-hydrogen) atoms. The van der Waals surface area contributed by atoms with Crippen molar-refractivity contribution in [3.8, 4) is 0 Å². The molecule has 0 heterocycles. The Bertz CT molecular complexity index is 343. The number of aliphatic hydroxyl groups excluding tert-OH is 1. The Morgan fingerprint density at radius 1 is 0.351 bits per heavy atom. The summed E-state index contributed by atoms with van der Waals surface area (Å²) in [5, 5.41) is 9.40. The first kappa shape index (κ1) is 39.1. The van der Waals surface area contributed by atoms with Gasteiger partial charge in [-0.3, -0.25) is 0 Å². The molecule has 0 fully saturated rings. The zero-order valence-corrected chi connectivity index (χ0v) is 26.6. The topological polar surface area (TPSA) is 29.5 Å². The van der Waals surface area contributed by atoms with Crippen molar-refractivity contribution >= 4 is 0 Å². The summed E-state index contributed by atoms with van der Waals surface area (Å²) in [6, 6.07) is 0. The number of ether oxygens (including phenoxy) is 1. The lowest BCUT2D eigenvalue weighted by Crippen LogP contribution is -2.10. The van der Waals surface area contributed by atoms with Crippen LogP contribution in [0.25, 0.3) is 0 Å². The van der Waals surface area contributed by atoms with Crippen molar-refractivity contribution in [2.45, 2.75) is 220 Å². The Balaban J connectivity index is 0. The fourth-order valence-corrected chi connectivity index (χ4v) is 5.06. The Hall–Kier alpha value is -0.0800. The van der Waals surface area contributed by atoms with Gasteiger partial charge >= 0.3 is 0 Å². The van der Waals surface area contributed by atoms with Crippen molar-refractivity contribution in [1.29, 1.82) is 0 Å². The normalized spacial score (nSPS) is 11.9. The third kappa shape index (κ3) is 40.6. The van der Waals surface area contributed by atoms with Gasteiger partial charge in [0.2, 0.25) is 0 Å². The first-order valence-electron chi connectivity index (χ1n) is 17.5. The van der Waals surface area contributed by atoms with Crippen LogP contribution in [0.5, 0.6) is 0 Å². The highest BCUT2D eigenvalue weighted by Crippen LogP contribution is 2.14. The zero-order chi connectivity index (χ0) is 27.5. The van der Waals surface area contributed by atoms with E-state index in [1.54, 1.807) is 0 Å². The van der Waals surface area contributed by atoms with E-state index in [2.05, 4.69) is 20.8 Å². The lowest BCUT2D eigenvalue weighted by atomic mass is 10.0. The third-order valence-electron chi connectivity index (χ3n) is 7.62. The van der Waals surface area contributed by atoms with Crippen LogP contribution in [0.2, 0.25) is 0 Å². The number of hydrogen-bond donors (Lipinski definition) is 1. The summed E-state index contributed by atoms with van der Waals surface area (Å²) in [7, 11) is 0. The lowest BCUT2D eigenvalue weighted by Gasteiger charge is -2.09. The molecule has 226 valence electrons. The van der Waals surface area contributed by atoms with Gasteiger partial charge in [0.15, 0.2) is 6.29 Å². The van der Waals surface area contributed by atoms with Crippen LogP contribution in [0, 0.1) is 0 Å². The monoisotopic (exact) mass is 527 g/mol. The maximum atomic E-state index is 9.40. The van der Waals surface area contributed by atoms with E-state index in [1.165, 1.54) is 173 Å². The summed E-state index contributed by atoms with van der Waals surface area (Å²) >= 11 is 0. The highest BCUT2D eigenvalue weighted by Gasteiger charge is 2.01. The summed E-state index contributed by atoms with van der Waals surface area (Å²) in [6.07, 6.45) is 39.9. The first-order valence-corrected chi connectivity index (χ1v) is 17.5. The van der Waals surface area contributed by atoms with Crippen LogP contribution >= 0.6 is 0 Å². The van der Waals surface area contributed by atoms with Gasteiger partial charge in [-0.1, -0.05) is 194 Å². The summed E-state index contributed by atoms with van der Waals surface area (Å²) < 4.78 is 5.10. The Labute approximate surface area is 236 Å². The molecule has 0 aromatic rings. The van der Waals surface area contributed by atoms with Crippen LogP contribution in [0.1, 0.15) is 214 Å². The van der Waals surface area contributed by atoms with E-state index >= 15 is 0 Å². The molecule has 2 nitrogen and oxygen atoms in total. The summed E-state index contributed by atoms with van der Waals surface area (Å²) in [5.41, 5.74) is 0. The van der Waals surface area contributed by atoms with E-state index in [4.69, 9.17) is 4.74 Å². The predicted molar refractivity (Wildman–Crippen MR) is 169 cm³/mol. The molecule has 0 amide bonds. The molecule has 0 spiro atoms. The molecule has 2 heteroatoms. The Morgan fingerprint density at radius 3 is 0.784 bits per heavy atom. The molecule has 0 saturated heterocycles. The smallest absolute Gasteiger partial charge is 0.154 e. The Morgan fingerprint density at radius 2 is 0.568 bits per heavy atom. The molecule has 1 N–H and O–H groups in total. The number of aliphatic hydroxyl groups is 1. The SMILES string of the molecule is CCCCCCCCCCCCCCCC(O)OCC.CCCCCCCCCCCCCCCCC. The second-order valence-corrected chi connectivity index (χ2v) is 11.5. The molecule has 0 rings (SSSR count). The van der Waals surface area contributed by atoms with Gasteiger partial charge in [0.05, 0.1) is 0 Å². The minimum Gasteiger partial charge on any atom is -0.368 e. The molecule has 1 atom stereocenters. The maximum absolute atomic E-state index is 9.40. The lowest BCUT2D eigenvalue weighted by molar-refractivity contribution is -0.0994. The van der Waals surface area contributed by atoms with Crippen molar-refractivity contribution < 1.29 is 9.84 Å². The number of unbranched alkanes of at least 4 members (excludes halogenated alkanes) is 26. The maximum Gasteiger partial charge on any atom is 0.154 e. The van der Waals surface area contributed by atoms with Crippen molar-refractivity contribution in [1.82, 2.24) is 0 Å². The fourth-order valence-electron chi connectivity index (χ4n) is 5.06. The second kappa shape index (κ2) is 38.1. The standard InChI is InChI=1S/C18H38O2.C17H36/c1-3-5-6-7-8-9-10-11-12-13-14-15-16-17-18(19)20-4-2;1-3-5-7-9-11-13-15-17-16-14-12-10-8-6-4-2/h18-19H,3-17H2,1-2H3;3-17H2,1-2H3. The quantitative estimate of drug-likeness (QED) is 0.0744.